The molecule has 0 spiro atoms. The second-order valence-electron chi connectivity index (χ2n) is 3.85. The Balaban J connectivity index is 2.66. The Kier molecular flexibility index (Phi) is 5.32. The Morgan fingerprint density at radius 2 is 1.47 bits per heavy atom. The van der Waals surface area contributed by atoms with Crippen LogP contribution in [0.2, 0.25) is 0 Å². The maximum Gasteiger partial charge on any atom is 0.134 e. The van der Waals surface area contributed by atoms with Gasteiger partial charge in [0.25, 0.3) is 0 Å². The summed E-state index contributed by atoms with van der Waals surface area (Å²) in [6.45, 7) is 4.87. The molecule has 86 valence electrons. The van der Waals surface area contributed by atoms with Gasteiger partial charge in [0.1, 0.15) is 11.6 Å². The highest BCUT2D eigenvalue weighted by molar-refractivity contribution is 4.96. The minimum absolute atomic E-state index is 0.505. The molecule has 0 radical (unpaired) electrons. The van der Waals surface area contributed by atoms with Crippen LogP contribution in [0.1, 0.15) is 51.2 Å². The maximum atomic E-state index is 5.72. The summed E-state index contributed by atoms with van der Waals surface area (Å²) in [7, 11) is 0. The van der Waals surface area contributed by atoms with Gasteiger partial charge in [0, 0.05) is 12.8 Å². The van der Waals surface area contributed by atoms with Crippen LogP contribution in [0.15, 0.2) is 0 Å². The van der Waals surface area contributed by atoms with Crippen molar-refractivity contribution >= 4 is 0 Å². The molecular formula is C11H22N4. The van der Waals surface area contributed by atoms with Crippen molar-refractivity contribution in [3.05, 3.63) is 11.6 Å². The number of hydrogen-bond donors (Lipinski definition) is 1. The first kappa shape index (κ1) is 12.2. The average molecular weight is 210 g/mol. The molecule has 0 unspecified atom stereocenters. The largest absolute Gasteiger partial charge is 0.314 e. The molecule has 1 aromatic rings. The third-order valence-corrected chi connectivity index (χ3v) is 2.59. The normalized spacial score (nSPS) is 10.9. The minimum Gasteiger partial charge on any atom is -0.314 e. The smallest absolute Gasteiger partial charge is 0.134 e. The first-order valence-corrected chi connectivity index (χ1v) is 5.94. The summed E-state index contributed by atoms with van der Waals surface area (Å²) in [6.07, 6.45) is 6.67. The van der Waals surface area contributed by atoms with Crippen LogP contribution in [0.4, 0.5) is 0 Å². The van der Waals surface area contributed by atoms with Crippen molar-refractivity contribution in [1.29, 1.82) is 0 Å². The molecule has 0 bridgehead atoms. The van der Waals surface area contributed by atoms with Gasteiger partial charge in [-0.1, -0.05) is 26.7 Å². The molecule has 2 N–H and O–H groups in total. The van der Waals surface area contributed by atoms with Crippen LogP contribution in [0, 0.1) is 0 Å². The van der Waals surface area contributed by atoms with Gasteiger partial charge >= 0.3 is 0 Å². The van der Waals surface area contributed by atoms with Crippen LogP contribution in [0.25, 0.3) is 0 Å². The second-order valence-corrected chi connectivity index (χ2v) is 3.85. The molecule has 0 atom stereocenters. The molecule has 1 aromatic heterocycles. The molecule has 0 aromatic carbocycles. The van der Waals surface area contributed by atoms with Crippen molar-refractivity contribution in [2.45, 2.75) is 59.0 Å². The molecule has 0 saturated carbocycles. The SMILES string of the molecule is CCCCc1nnc(CCCC)n1CN. The van der Waals surface area contributed by atoms with Crippen LogP contribution in [-0.4, -0.2) is 14.8 Å². The summed E-state index contributed by atoms with van der Waals surface area (Å²) >= 11 is 0. The fraction of sp³-hybridized carbons (Fsp3) is 0.818. The highest BCUT2D eigenvalue weighted by Crippen LogP contribution is 2.07. The van der Waals surface area contributed by atoms with E-state index in [1.54, 1.807) is 0 Å². The van der Waals surface area contributed by atoms with Gasteiger partial charge in [0.15, 0.2) is 0 Å². The predicted octanol–water partition coefficient (Wildman–Crippen LogP) is 1.88. The first-order valence-electron chi connectivity index (χ1n) is 5.94. The monoisotopic (exact) mass is 210 g/mol. The van der Waals surface area contributed by atoms with Gasteiger partial charge in [-0.15, -0.1) is 10.2 Å². The molecule has 0 aliphatic carbocycles. The van der Waals surface area contributed by atoms with E-state index in [0.29, 0.717) is 6.67 Å². The Morgan fingerprint density at radius 1 is 1.00 bits per heavy atom. The quantitative estimate of drug-likeness (QED) is 0.747. The number of rotatable bonds is 7. The summed E-state index contributed by atoms with van der Waals surface area (Å²) in [5, 5.41) is 8.42. The lowest BCUT2D eigenvalue weighted by Crippen LogP contribution is -2.14. The molecule has 0 aliphatic rings. The highest BCUT2D eigenvalue weighted by atomic mass is 15.3. The van der Waals surface area contributed by atoms with Gasteiger partial charge in [-0.25, -0.2) is 0 Å². The summed E-state index contributed by atoms with van der Waals surface area (Å²) in [5.41, 5.74) is 5.72. The molecule has 0 aliphatic heterocycles. The fourth-order valence-corrected chi connectivity index (χ4v) is 1.62. The summed E-state index contributed by atoms with van der Waals surface area (Å²) in [5.74, 6) is 2.09. The van der Waals surface area contributed by atoms with Crippen LogP contribution < -0.4 is 5.73 Å². The Hall–Kier alpha value is -0.900. The molecule has 1 rings (SSSR count). The van der Waals surface area contributed by atoms with E-state index in [9.17, 15) is 0 Å². The fourth-order valence-electron chi connectivity index (χ4n) is 1.62. The van der Waals surface area contributed by atoms with E-state index in [4.69, 9.17) is 5.73 Å². The van der Waals surface area contributed by atoms with Crippen molar-refractivity contribution in [3.63, 3.8) is 0 Å². The van der Waals surface area contributed by atoms with Crippen LogP contribution in [0.3, 0.4) is 0 Å². The molecule has 0 amide bonds. The number of nitrogens with two attached hydrogens (primary N) is 1. The topological polar surface area (TPSA) is 56.7 Å². The number of unbranched alkanes of at least 4 members (excludes halogenated alkanes) is 2. The van der Waals surface area contributed by atoms with Crippen molar-refractivity contribution in [3.8, 4) is 0 Å². The van der Waals surface area contributed by atoms with E-state index in [-0.39, 0.29) is 0 Å². The molecule has 0 saturated heterocycles. The predicted molar refractivity (Wildman–Crippen MR) is 61.4 cm³/mol. The van der Waals surface area contributed by atoms with E-state index >= 15 is 0 Å². The van der Waals surface area contributed by atoms with Gasteiger partial charge in [-0.05, 0) is 12.8 Å². The van der Waals surface area contributed by atoms with Crippen LogP contribution >= 0.6 is 0 Å². The van der Waals surface area contributed by atoms with Gasteiger partial charge in [0.2, 0.25) is 0 Å². The van der Waals surface area contributed by atoms with Crippen molar-refractivity contribution in [1.82, 2.24) is 14.8 Å². The molecule has 4 heteroatoms. The van der Waals surface area contributed by atoms with Crippen LogP contribution in [-0.2, 0) is 19.5 Å². The molecule has 1 heterocycles. The minimum atomic E-state index is 0.505. The third kappa shape index (κ3) is 3.30. The molecule has 15 heavy (non-hydrogen) atoms. The Labute approximate surface area is 91.9 Å². The molecule has 4 nitrogen and oxygen atoms in total. The van der Waals surface area contributed by atoms with E-state index in [0.717, 1.165) is 37.3 Å². The second kappa shape index (κ2) is 6.56. The molecular weight excluding hydrogens is 188 g/mol. The van der Waals surface area contributed by atoms with E-state index < -0.39 is 0 Å². The Bertz CT molecular complexity index is 255. The zero-order valence-corrected chi connectivity index (χ0v) is 9.87. The summed E-state index contributed by atoms with van der Waals surface area (Å²) in [4.78, 5) is 0. The lowest BCUT2D eigenvalue weighted by Gasteiger charge is -2.06. The Morgan fingerprint density at radius 3 is 1.80 bits per heavy atom. The zero-order chi connectivity index (χ0) is 11.1. The van der Waals surface area contributed by atoms with Crippen LogP contribution in [0.5, 0.6) is 0 Å². The van der Waals surface area contributed by atoms with Crippen molar-refractivity contribution < 1.29 is 0 Å². The van der Waals surface area contributed by atoms with Gasteiger partial charge < -0.3 is 10.3 Å². The number of nitrogens with zero attached hydrogens (tertiary/aromatic N) is 3. The number of aromatic nitrogens is 3. The lowest BCUT2D eigenvalue weighted by molar-refractivity contribution is 0.609. The highest BCUT2D eigenvalue weighted by Gasteiger charge is 2.09. The van der Waals surface area contributed by atoms with Gasteiger partial charge in [-0.2, -0.15) is 0 Å². The average Bonchev–Trinajstić information content (AvgIpc) is 2.65. The zero-order valence-electron chi connectivity index (χ0n) is 9.87. The van der Waals surface area contributed by atoms with Gasteiger partial charge in [0.05, 0.1) is 6.67 Å². The van der Waals surface area contributed by atoms with E-state index in [1.807, 2.05) is 0 Å². The maximum absolute atomic E-state index is 5.72. The number of hydrogen-bond acceptors (Lipinski definition) is 3. The van der Waals surface area contributed by atoms with Gasteiger partial charge in [-0.3, -0.25) is 0 Å². The van der Waals surface area contributed by atoms with Crippen molar-refractivity contribution in [2.24, 2.45) is 5.73 Å². The first-order chi connectivity index (χ1) is 7.33. The standard InChI is InChI=1S/C11H22N4/c1-3-5-7-10-13-14-11(8-6-4-2)15(10)9-12/h3-9,12H2,1-2H3. The lowest BCUT2D eigenvalue weighted by atomic mass is 10.2. The number of aryl methyl sites for hydroxylation is 2. The van der Waals surface area contributed by atoms with E-state index in [1.165, 1.54) is 12.8 Å². The summed E-state index contributed by atoms with van der Waals surface area (Å²) in [6, 6.07) is 0. The van der Waals surface area contributed by atoms with Crippen molar-refractivity contribution in [2.75, 3.05) is 0 Å². The third-order valence-electron chi connectivity index (χ3n) is 2.59. The van der Waals surface area contributed by atoms with E-state index in [2.05, 4.69) is 28.6 Å². The summed E-state index contributed by atoms with van der Waals surface area (Å²) < 4.78 is 2.06. The molecule has 0 fully saturated rings.